The monoisotopic (exact) mass is 1120 g/mol. The van der Waals surface area contributed by atoms with E-state index >= 15 is 0 Å². The van der Waals surface area contributed by atoms with E-state index in [2.05, 4.69) is 348 Å². The smallest absolute Gasteiger partial charge is 0.0725 e. The number of fused-ring (bicyclic) bond motifs is 16. The molecule has 0 aliphatic heterocycles. The normalized spacial score (nSPS) is 12.6. The number of para-hydroxylation sites is 1. The van der Waals surface area contributed by atoms with Crippen LogP contribution in [0.1, 0.15) is 22.3 Å². The summed E-state index contributed by atoms with van der Waals surface area (Å²) >= 11 is 0. The van der Waals surface area contributed by atoms with E-state index in [-0.39, 0.29) is 0 Å². The van der Waals surface area contributed by atoms with E-state index in [4.69, 9.17) is 0 Å². The largest absolute Gasteiger partial charge is 0.310 e. The van der Waals surface area contributed by atoms with Crippen molar-refractivity contribution in [1.29, 1.82) is 0 Å². The molecule has 18 rings (SSSR count). The molecule has 15 aromatic rings. The van der Waals surface area contributed by atoms with E-state index in [1.54, 1.807) is 0 Å². The van der Waals surface area contributed by atoms with Gasteiger partial charge in [0, 0.05) is 50.9 Å². The molecular weight excluding hydrogens is 1060 g/mol. The van der Waals surface area contributed by atoms with Crippen molar-refractivity contribution in [2.75, 3.05) is 14.7 Å². The second-order valence-electron chi connectivity index (χ2n) is 23.5. The van der Waals surface area contributed by atoms with Gasteiger partial charge in [-0.1, -0.05) is 243 Å². The summed E-state index contributed by atoms with van der Waals surface area (Å²) in [5.74, 6) is 0. The van der Waals surface area contributed by atoms with Crippen LogP contribution in [0.2, 0.25) is 0 Å². The number of hydrogen-bond donors (Lipinski definition) is 0. The van der Waals surface area contributed by atoms with Crippen molar-refractivity contribution in [3.05, 3.63) is 356 Å². The molecule has 0 unspecified atom stereocenters. The molecule has 0 atom stereocenters. The molecule has 3 heteroatoms. The quantitative estimate of drug-likeness (QED) is 0.126. The summed E-state index contributed by atoms with van der Waals surface area (Å²) in [4.78, 5) is 7.35. The minimum absolute atomic E-state index is 0.453. The molecule has 0 fully saturated rings. The fraction of sp³-hybridized carbons (Fsp3) is 0.0118. The van der Waals surface area contributed by atoms with Crippen LogP contribution >= 0.6 is 0 Å². The van der Waals surface area contributed by atoms with E-state index < -0.39 is 5.41 Å². The van der Waals surface area contributed by atoms with Crippen molar-refractivity contribution in [3.63, 3.8) is 0 Å². The van der Waals surface area contributed by atoms with Gasteiger partial charge in [-0.2, -0.15) is 0 Å². The van der Waals surface area contributed by atoms with Crippen molar-refractivity contribution in [2.45, 2.75) is 5.41 Å². The Morgan fingerprint density at radius 1 is 0.193 bits per heavy atom. The molecule has 15 aromatic carbocycles. The van der Waals surface area contributed by atoms with Crippen molar-refractivity contribution < 1.29 is 0 Å². The molecule has 3 aliphatic carbocycles. The molecule has 1 spiro atoms. The second-order valence-corrected chi connectivity index (χ2v) is 23.5. The average molecular weight is 1120 g/mol. The second kappa shape index (κ2) is 19.8. The molecule has 88 heavy (non-hydrogen) atoms. The van der Waals surface area contributed by atoms with Crippen molar-refractivity contribution >= 4 is 83.5 Å². The van der Waals surface area contributed by atoms with Gasteiger partial charge < -0.3 is 14.7 Å². The molecular formula is C85H55N3. The zero-order chi connectivity index (χ0) is 57.9. The molecule has 0 saturated heterocycles. The minimum Gasteiger partial charge on any atom is -0.310 e. The summed E-state index contributed by atoms with van der Waals surface area (Å²) in [6.45, 7) is 0. The van der Waals surface area contributed by atoms with E-state index in [0.29, 0.717) is 0 Å². The van der Waals surface area contributed by atoms with E-state index in [1.807, 2.05) is 0 Å². The number of rotatable bonds is 10. The third-order valence-corrected chi connectivity index (χ3v) is 18.9. The maximum absolute atomic E-state index is 2.48. The van der Waals surface area contributed by atoms with Crippen molar-refractivity contribution in [3.8, 4) is 55.6 Å². The van der Waals surface area contributed by atoms with Crippen LogP contribution in [0, 0.1) is 0 Å². The first kappa shape index (κ1) is 49.9. The van der Waals surface area contributed by atoms with Crippen LogP contribution < -0.4 is 14.7 Å². The molecule has 0 radical (unpaired) electrons. The lowest BCUT2D eigenvalue weighted by Crippen LogP contribution is -2.25. The molecule has 0 bridgehead atoms. The molecule has 0 saturated carbocycles. The van der Waals surface area contributed by atoms with Crippen LogP contribution in [-0.2, 0) is 5.41 Å². The maximum atomic E-state index is 2.48. The molecule has 3 nitrogen and oxygen atoms in total. The fourth-order valence-corrected chi connectivity index (χ4v) is 15.2. The summed E-state index contributed by atoms with van der Waals surface area (Å²) in [7, 11) is 0. The van der Waals surface area contributed by atoms with Gasteiger partial charge in [0.15, 0.2) is 0 Å². The molecule has 410 valence electrons. The third-order valence-electron chi connectivity index (χ3n) is 18.9. The van der Waals surface area contributed by atoms with Crippen molar-refractivity contribution in [1.82, 2.24) is 0 Å². The predicted octanol–water partition coefficient (Wildman–Crippen LogP) is 23.2. The Balaban J connectivity index is 0.834. The average Bonchev–Trinajstić information content (AvgIpc) is 1.87. The van der Waals surface area contributed by atoms with Gasteiger partial charge in [0.25, 0.3) is 0 Å². The maximum Gasteiger partial charge on any atom is 0.0725 e. The summed E-state index contributed by atoms with van der Waals surface area (Å²) in [6.07, 6.45) is 0. The SMILES string of the molecule is c1ccc(-c2ccc(N(c3cccc(N(c4ccc5c(c4)-c4ccccc4C54c5ccccc5-c5ccccc54)c4ccc5ccc6ccccc6c5c4)c3)c3cccc(N(c4ccccc4)c4ccc5c6c(cccc46)-c4ccccc4-5)c3)cc2)cc1. The Bertz CT molecular complexity index is 5220. The summed E-state index contributed by atoms with van der Waals surface area (Å²) < 4.78 is 0. The van der Waals surface area contributed by atoms with Crippen LogP contribution in [0.5, 0.6) is 0 Å². The predicted molar refractivity (Wildman–Crippen MR) is 369 cm³/mol. The first-order valence-electron chi connectivity index (χ1n) is 30.5. The highest BCUT2D eigenvalue weighted by atomic mass is 15.2. The van der Waals surface area contributed by atoms with E-state index in [9.17, 15) is 0 Å². The van der Waals surface area contributed by atoms with Gasteiger partial charge in [-0.15, -0.1) is 0 Å². The van der Waals surface area contributed by atoms with Crippen LogP contribution in [0.3, 0.4) is 0 Å². The Hall–Kier alpha value is -11.5. The zero-order valence-corrected chi connectivity index (χ0v) is 48.1. The zero-order valence-electron chi connectivity index (χ0n) is 48.1. The third kappa shape index (κ3) is 7.51. The Morgan fingerprint density at radius 3 is 1.25 bits per heavy atom. The Morgan fingerprint density at radius 2 is 0.591 bits per heavy atom. The first-order chi connectivity index (χ1) is 43.7. The molecule has 0 amide bonds. The van der Waals surface area contributed by atoms with Gasteiger partial charge in [0.1, 0.15) is 0 Å². The highest BCUT2D eigenvalue weighted by molar-refractivity contribution is 6.19. The van der Waals surface area contributed by atoms with Gasteiger partial charge >= 0.3 is 0 Å². The lowest BCUT2D eigenvalue weighted by Gasteiger charge is -2.32. The number of nitrogens with zero attached hydrogens (tertiary/aromatic N) is 3. The van der Waals surface area contributed by atoms with Gasteiger partial charge in [-0.3, -0.25) is 0 Å². The standard InChI is InChI=1S/C85H55N3/c1-3-20-56(21-4-1)57-42-45-61(46-43-57)86(63-26-18-28-65(53-63)88(60-23-5-2-6-24-60)83-51-49-75-70-31-10-9-30-69(70)74-35-19-36-76(83)84(74)75)62-25-17-27-64(52-62)87(66-47-44-59-41-40-58-22-7-8-29-68(58)77(59)54-66)67-48-50-82-78(55-67)73-34-13-16-39-81(73)85(82)79-37-14-11-32-71(79)72-33-12-15-38-80(72)85/h1-55H. The van der Waals surface area contributed by atoms with Gasteiger partial charge in [-0.05, 0) is 196 Å². The van der Waals surface area contributed by atoms with Crippen LogP contribution in [-0.4, -0.2) is 0 Å². The summed E-state index contributed by atoms with van der Waals surface area (Å²) in [5.41, 5.74) is 27.0. The number of anilines is 9. The topological polar surface area (TPSA) is 9.72 Å². The Labute approximate surface area is 512 Å². The van der Waals surface area contributed by atoms with Crippen LogP contribution in [0.25, 0.3) is 88.0 Å². The minimum atomic E-state index is -0.453. The van der Waals surface area contributed by atoms with E-state index in [1.165, 1.54) is 105 Å². The lowest BCUT2D eigenvalue weighted by atomic mass is 9.70. The molecule has 0 aromatic heterocycles. The van der Waals surface area contributed by atoms with Crippen molar-refractivity contribution in [2.24, 2.45) is 0 Å². The highest BCUT2D eigenvalue weighted by Gasteiger charge is 2.51. The van der Waals surface area contributed by atoms with Gasteiger partial charge in [-0.25, -0.2) is 0 Å². The summed E-state index contributed by atoms with van der Waals surface area (Å²) in [6, 6.07) is 124. The Kier molecular flexibility index (Phi) is 11.2. The first-order valence-corrected chi connectivity index (χ1v) is 30.5. The summed E-state index contributed by atoms with van der Waals surface area (Å²) in [5, 5.41) is 7.38. The van der Waals surface area contributed by atoms with E-state index in [0.717, 1.165) is 56.7 Å². The van der Waals surface area contributed by atoms with Crippen LogP contribution in [0.15, 0.2) is 334 Å². The van der Waals surface area contributed by atoms with Gasteiger partial charge in [0.2, 0.25) is 0 Å². The highest BCUT2D eigenvalue weighted by Crippen LogP contribution is 2.63. The number of hydrogen-bond acceptors (Lipinski definition) is 3. The van der Waals surface area contributed by atoms with Crippen LogP contribution in [0.4, 0.5) is 51.2 Å². The number of benzene rings is 15. The molecule has 3 aliphatic rings. The lowest BCUT2D eigenvalue weighted by molar-refractivity contribution is 0.794. The molecule has 0 N–H and O–H groups in total. The van der Waals surface area contributed by atoms with Gasteiger partial charge in [0.05, 0.1) is 11.1 Å². The fourth-order valence-electron chi connectivity index (χ4n) is 15.2. The molecule has 0 heterocycles.